The molecule has 0 aromatic carbocycles. The van der Waals surface area contributed by atoms with Crippen molar-refractivity contribution in [1.82, 2.24) is 14.5 Å². The van der Waals surface area contributed by atoms with E-state index in [1.165, 1.54) is 0 Å². The lowest BCUT2D eigenvalue weighted by molar-refractivity contribution is 0.524. The molecule has 0 spiro atoms. The third kappa shape index (κ3) is 2.44. The van der Waals surface area contributed by atoms with E-state index in [9.17, 15) is 8.42 Å². The highest BCUT2D eigenvalue weighted by Crippen LogP contribution is 2.29. The number of aromatic nitrogens is 3. The Balaban J connectivity index is 2.08. The number of aryl methyl sites for hydroxylation is 1. The van der Waals surface area contributed by atoms with E-state index in [-0.39, 0.29) is 11.7 Å². The molecule has 0 aliphatic carbocycles. The number of sulfone groups is 1. The number of hydrogen-bond donors (Lipinski definition) is 0. The lowest BCUT2D eigenvalue weighted by atomic mass is 10.0. The first kappa shape index (κ1) is 13.5. The van der Waals surface area contributed by atoms with Crippen molar-refractivity contribution < 1.29 is 8.42 Å². The Morgan fingerprint density at radius 2 is 2.30 bits per heavy atom. The summed E-state index contributed by atoms with van der Waals surface area (Å²) in [5.41, 5.74) is 1.73. The predicted molar refractivity (Wildman–Crippen MR) is 78.4 cm³/mol. The molecule has 0 saturated carbocycles. The zero-order valence-electron chi connectivity index (χ0n) is 11.6. The molecule has 0 amide bonds. The molecule has 3 rings (SSSR count). The number of pyridine rings is 1. The van der Waals surface area contributed by atoms with Crippen LogP contribution in [0.2, 0.25) is 0 Å². The fourth-order valence-electron chi connectivity index (χ4n) is 2.96. The van der Waals surface area contributed by atoms with Crippen LogP contribution in [0.15, 0.2) is 18.3 Å². The van der Waals surface area contributed by atoms with Crippen LogP contribution >= 0.6 is 0 Å². The fraction of sp³-hybridized carbons (Fsp3) is 0.571. The van der Waals surface area contributed by atoms with E-state index in [4.69, 9.17) is 0 Å². The minimum absolute atomic E-state index is 0.00880. The quantitative estimate of drug-likeness (QED) is 0.869. The smallest absolute Gasteiger partial charge is 0.159 e. The summed E-state index contributed by atoms with van der Waals surface area (Å²) in [7, 11) is -2.92. The first-order valence-corrected chi connectivity index (χ1v) is 8.94. The topological polar surface area (TPSA) is 64.8 Å². The van der Waals surface area contributed by atoms with Crippen molar-refractivity contribution in [3.8, 4) is 0 Å². The zero-order valence-corrected chi connectivity index (χ0v) is 12.4. The monoisotopic (exact) mass is 293 g/mol. The van der Waals surface area contributed by atoms with E-state index in [1.807, 2.05) is 12.1 Å². The molecule has 108 valence electrons. The van der Waals surface area contributed by atoms with Crippen LogP contribution in [0.1, 0.15) is 37.9 Å². The standard InChI is InChI=1S/C14H19N3O2S/c1-2-8-17-13(11-5-4-9-20(18,19)10-11)16-12-6-3-7-15-14(12)17/h3,6-7,11H,2,4-5,8-10H2,1H3. The molecule has 0 N–H and O–H groups in total. The Hall–Kier alpha value is -1.43. The van der Waals surface area contributed by atoms with Crippen molar-refractivity contribution in [1.29, 1.82) is 0 Å². The van der Waals surface area contributed by atoms with Gasteiger partial charge in [0.15, 0.2) is 15.5 Å². The SMILES string of the molecule is CCCn1c(C2CCCS(=O)(=O)C2)nc2cccnc21. The summed E-state index contributed by atoms with van der Waals surface area (Å²) in [5.74, 6) is 1.44. The fourth-order valence-corrected chi connectivity index (χ4v) is 4.66. The molecule has 3 heterocycles. The van der Waals surface area contributed by atoms with E-state index in [1.54, 1.807) is 6.20 Å². The normalized spacial score (nSPS) is 22.1. The molecule has 2 aromatic heterocycles. The number of rotatable bonds is 3. The summed E-state index contributed by atoms with van der Waals surface area (Å²) < 4.78 is 25.8. The van der Waals surface area contributed by atoms with Crippen LogP contribution < -0.4 is 0 Å². The molecule has 1 saturated heterocycles. The summed E-state index contributed by atoms with van der Waals surface area (Å²) in [6.45, 7) is 2.94. The van der Waals surface area contributed by atoms with Gasteiger partial charge in [0.25, 0.3) is 0 Å². The van der Waals surface area contributed by atoms with Gasteiger partial charge in [0.2, 0.25) is 0 Å². The van der Waals surface area contributed by atoms with E-state index in [0.717, 1.165) is 42.8 Å². The van der Waals surface area contributed by atoms with Gasteiger partial charge in [0, 0.05) is 18.7 Å². The number of fused-ring (bicyclic) bond motifs is 1. The van der Waals surface area contributed by atoms with Gasteiger partial charge >= 0.3 is 0 Å². The van der Waals surface area contributed by atoms with Gasteiger partial charge in [-0.1, -0.05) is 6.92 Å². The molecule has 0 radical (unpaired) electrons. The second kappa shape index (κ2) is 5.16. The lowest BCUT2D eigenvalue weighted by Gasteiger charge is -2.22. The lowest BCUT2D eigenvalue weighted by Crippen LogP contribution is -2.26. The van der Waals surface area contributed by atoms with Gasteiger partial charge in [-0.3, -0.25) is 0 Å². The van der Waals surface area contributed by atoms with Crippen LogP contribution in [0, 0.1) is 0 Å². The molecule has 1 fully saturated rings. The molecule has 1 aliphatic rings. The maximum absolute atomic E-state index is 11.9. The Kier molecular flexibility index (Phi) is 3.50. The van der Waals surface area contributed by atoms with E-state index < -0.39 is 9.84 Å². The second-order valence-corrected chi connectivity index (χ2v) is 7.65. The number of hydrogen-bond acceptors (Lipinski definition) is 4. The summed E-state index contributed by atoms with van der Waals surface area (Å²) in [5, 5.41) is 0. The molecule has 1 unspecified atom stereocenters. The van der Waals surface area contributed by atoms with E-state index in [2.05, 4.69) is 21.5 Å². The Morgan fingerprint density at radius 3 is 3.05 bits per heavy atom. The van der Waals surface area contributed by atoms with E-state index in [0.29, 0.717) is 5.75 Å². The highest BCUT2D eigenvalue weighted by molar-refractivity contribution is 7.91. The molecule has 2 aromatic rings. The summed E-state index contributed by atoms with van der Waals surface area (Å²) in [6, 6.07) is 3.81. The summed E-state index contributed by atoms with van der Waals surface area (Å²) in [6.07, 6.45) is 4.37. The van der Waals surface area contributed by atoms with Crippen molar-refractivity contribution in [3.63, 3.8) is 0 Å². The number of imidazole rings is 1. The molecular formula is C14H19N3O2S. The van der Waals surface area contributed by atoms with Crippen molar-refractivity contribution in [3.05, 3.63) is 24.2 Å². The first-order valence-electron chi connectivity index (χ1n) is 7.12. The largest absolute Gasteiger partial charge is 0.312 e. The number of nitrogens with zero attached hydrogens (tertiary/aromatic N) is 3. The van der Waals surface area contributed by atoms with Crippen molar-refractivity contribution in [2.45, 2.75) is 38.6 Å². The Bertz CT molecular complexity index is 721. The molecule has 1 aliphatic heterocycles. The summed E-state index contributed by atoms with van der Waals surface area (Å²) in [4.78, 5) is 9.06. The molecule has 20 heavy (non-hydrogen) atoms. The highest BCUT2D eigenvalue weighted by atomic mass is 32.2. The van der Waals surface area contributed by atoms with Gasteiger partial charge in [0.05, 0.1) is 11.5 Å². The van der Waals surface area contributed by atoms with Crippen LogP contribution in [-0.2, 0) is 16.4 Å². The van der Waals surface area contributed by atoms with Gasteiger partial charge in [-0.15, -0.1) is 0 Å². The molecule has 1 atom stereocenters. The average molecular weight is 293 g/mol. The molecular weight excluding hydrogens is 274 g/mol. The Morgan fingerprint density at radius 1 is 1.45 bits per heavy atom. The predicted octanol–water partition coefficient (Wildman–Crippen LogP) is 2.13. The summed E-state index contributed by atoms with van der Waals surface area (Å²) >= 11 is 0. The van der Waals surface area contributed by atoms with E-state index >= 15 is 0 Å². The van der Waals surface area contributed by atoms with Gasteiger partial charge in [-0.25, -0.2) is 18.4 Å². The van der Waals surface area contributed by atoms with Crippen molar-refractivity contribution >= 4 is 21.0 Å². The zero-order chi connectivity index (χ0) is 14.2. The van der Waals surface area contributed by atoms with Crippen LogP contribution in [0.25, 0.3) is 11.2 Å². The van der Waals surface area contributed by atoms with Gasteiger partial charge in [-0.05, 0) is 31.4 Å². The molecule has 5 nitrogen and oxygen atoms in total. The van der Waals surface area contributed by atoms with Crippen molar-refractivity contribution in [2.24, 2.45) is 0 Å². The third-order valence-electron chi connectivity index (χ3n) is 3.81. The van der Waals surface area contributed by atoms with Crippen molar-refractivity contribution in [2.75, 3.05) is 11.5 Å². The first-order chi connectivity index (χ1) is 9.61. The van der Waals surface area contributed by atoms with Gasteiger partial charge in [0.1, 0.15) is 11.3 Å². The minimum Gasteiger partial charge on any atom is -0.312 e. The maximum atomic E-state index is 11.9. The Labute approximate surface area is 119 Å². The van der Waals surface area contributed by atoms with Gasteiger partial charge < -0.3 is 4.57 Å². The van der Waals surface area contributed by atoms with Crippen LogP contribution in [-0.4, -0.2) is 34.5 Å². The third-order valence-corrected chi connectivity index (χ3v) is 5.63. The van der Waals surface area contributed by atoms with Crippen LogP contribution in [0.4, 0.5) is 0 Å². The molecule has 6 heteroatoms. The molecule has 0 bridgehead atoms. The van der Waals surface area contributed by atoms with Gasteiger partial charge in [-0.2, -0.15) is 0 Å². The maximum Gasteiger partial charge on any atom is 0.159 e. The van der Waals surface area contributed by atoms with Crippen LogP contribution in [0.3, 0.4) is 0 Å². The second-order valence-electron chi connectivity index (χ2n) is 5.42. The minimum atomic E-state index is -2.92. The average Bonchev–Trinajstić information content (AvgIpc) is 2.77. The highest BCUT2D eigenvalue weighted by Gasteiger charge is 2.29. The van der Waals surface area contributed by atoms with Crippen LogP contribution in [0.5, 0.6) is 0 Å².